The summed E-state index contributed by atoms with van der Waals surface area (Å²) in [5, 5.41) is 0. The van der Waals surface area contributed by atoms with Gasteiger partial charge in [0, 0.05) is 25.7 Å². The molecular formula is C18H24N2O3. The smallest absolute Gasteiger partial charge is 0.260 e. The van der Waals surface area contributed by atoms with Crippen molar-refractivity contribution in [1.29, 1.82) is 0 Å². The third kappa shape index (κ3) is 4.12. The second kappa shape index (κ2) is 7.81. The van der Waals surface area contributed by atoms with Crippen LogP contribution in [-0.2, 0) is 9.59 Å². The standard InChI is InChI=1S/C18H24N2O3/c1-4-15-12-19(10-11-20(15)17(21)5-2)18(22)13-23-16-9-7-6-8-14(16)3/h5-9,15H,2,4,10-13H2,1,3H3/t15-/m1/s1. The van der Waals surface area contributed by atoms with E-state index in [9.17, 15) is 9.59 Å². The average Bonchev–Trinajstić information content (AvgIpc) is 2.59. The van der Waals surface area contributed by atoms with Crippen LogP contribution in [0.15, 0.2) is 36.9 Å². The molecule has 2 amide bonds. The zero-order valence-electron chi connectivity index (χ0n) is 13.8. The van der Waals surface area contributed by atoms with Crippen LogP contribution >= 0.6 is 0 Å². The van der Waals surface area contributed by atoms with Gasteiger partial charge in [-0.25, -0.2) is 0 Å². The molecule has 0 unspecified atom stereocenters. The molecule has 23 heavy (non-hydrogen) atoms. The first kappa shape index (κ1) is 17.1. The van der Waals surface area contributed by atoms with Crippen molar-refractivity contribution in [3.63, 3.8) is 0 Å². The lowest BCUT2D eigenvalue weighted by Gasteiger charge is -2.40. The number of nitrogens with zero attached hydrogens (tertiary/aromatic N) is 2. The molecule has 124 valence electrons. The molecule has 1 atom stereocenters. The van der Waals surface area contributed by atoms with Crippen LogP contribution in [0.2, 0.25) is 0 Å². The van der Waals surface area contributed by atoms with E-state index < -0.39 is 0 Å². The molecule has 0 spiro atoms. The van der Waals surface area contributed by atoms with Gasteiger partial charge in [-0.2, -0.15) is 0 Å². The minimum absolute atomic E-state index is 0.0245. The summed E-state index contributed by atoms with van der Waals surface area (Å²) in [7, 11) is 0. The van der Waals surface area contributed by atoms with Crippen LogP contribution < -0.4 is 4.74 Å². The summed E-state index contributed by atoms with van der Waals surface area (Å²) >= 11 is 0. The van der Waals surface area contributed by atoms with E-state index in [1.165, 1.54) is 6.08 Å². The third-order valence-electron chi connectivity index (χ3n) is 4.21. The fourth-order valence-corrected chi connectivity index (χ4v) is 2.79. The first-order chi connectivity index (χ1) is 11.1. The van der Waals surface area contributed by atoms with Gasteiger partial charge in [-0.3, -0.25) is 9.59 Å². The molecule has 0 aliphatic carbocycles. The second-order valence-electron chi connectivity index (χ2n) is 5.69. The van der Waals surface area contributed by atoms with E-state index in [4.69, 9.17) is 4.74 Å². The molecule has 5 heteroatoms. The molecule has 0 aromatic heterocycles. The highest BCUT2D eigenvalue weighted by Crippen LogP contribution is 2.17. The molecule has 1 fully saturated rings. The van der Waals surface area contributed by atoms with Gasteiger partial charge in [0.05, 0.1) is 0 Å². The van der Waals surface area contributed by atoms with Crippen LogP contribution in [-0.4, -0.2) is 53.9 Å². The average molecular weight is 316 g/mol. The highest BCUT2D eigenvalue weighted by atomic mass is 16.5. The van der Waals surface area contributed by atoms with Crippen LogP contribution in [0.1, 0.15) is 18.9 Å². The highest BCUT2D eigenvalue weighted by Gasteiger charge is 2.30. The summed E-state index contributed by atoms with van der Waals surface area (Å²) in [4.78, 5) is 27.8. The van der Waals surface area contributed by atoms with Gasteiger partial charge in [-0.05, 0) is 31.1 Å². The molecule has 1 aromatic rings. The predicted octanol–water partition coefficient (Wildman–Crippen LogP) is 2.01. The van der Waals surface area contributed by atoms with Crippen LogP contribution in [0.5, 0.6) is 5.75 Å². The zero-order valence-corrected chi connectivity index (χ0v) is 13.8. The van der Waals surface area contributed by atoms with Crippen molar-refractivity contribution in [2.45, 2.75) is 26.3 Å². The van der Waals surface area contributed by atoms with Crippen molar-refractivity contribution in [3.8, 4) is 5.75 Å². The predicted molar refractivity (Wildman–Crippen MR) is 89.2 cm³/mol. The van der Waals surface area contributed by atoms with Crippen molar-refractivity contribution in [2.24, 2.45) is 0 Å². The van der Waals surface area contributed by atoms with Crippen LogP contribution in [0, 0.1) is 6.92 Å². The molecule has 1 aromatic carbocycles. The molecule has 1 heterocycles. The fourth-order valence-electron chi connectivity index (χ4n) is 2.79. The summed E-state index contributed by atoms with van der Waals surface area (Å²) in [6.07, 6.45) is 2.14. The Hall–Kier alpha value is -2.30. The van der Waals surface area contributed by atoms with Gasteiger partial charge >= 0.3 is 0 Å². The van der Waals surface area contributed by atoms with Gasteiger partial charge in [-0.15, -0.1) is 0 Å². The molecule has 5 nitrogen and oxygen atoms in total. The van der Waals surface area contributed by atoms with Gasteiger partial charge in [0.15, 0.2) is 6.61 Å². The third-order valence-corrected chi connectivity index (χ3v) is 4.21. The molecule has 1 aliphatic rings. The number of aryl methyl sites for hydroxylation is 1. The Morgan fingerprint density at radius 3 is 2.74 bits per heavy atom. The maximum atomic E-state index is 12.4. The van der Waals surface area contributed by atoms with Crippen molar-refractivity contribution in [2.75, 3.05) is 26.2 Å². The summed E-state index contributed by atoms with van der Waals surface area (Å²) in [5.41, 5.74) is 1.01. The van der Waals surface area contributed by atoms with Crippen molar-refractivity contribution < 1.29 is 14.3 Å². The fraction of sp³-hybridized carbons (Fsp3) is 0.444. The Labute approximate surface area is 137 Å². The van der Waals surface area contributed by atoms with E-state index in [-0.39, 0.29) is 24.5 Å². The van der Waals surface area contributed by atoms with E-state index in [0.717, 1.165) is 17.7 Å². The van der Waals surface area contributed by atoms with Crippen LogP contribution in [0.25, 0.3) is 0 Å². The largest absolute Gasteiger partial charge is 0.484 e. The van der Waals surface area contributed by atoms with Gasteiger partial charge in [0.2, 0.25) is 5.91 Å². The van der Waals surface area contributed by atoms with E-state index in [0.29, 0.717) is 19.6 Å². The number of hydrogen-bond acceptors (Lipinski definition) is 3. The number of ether oxygens (including phenoxy) is 1. The molecule has 0 saturated carbocycles. The number of amides is 2. The van der Waals surface area contributed by atoms with Gasteiger partial charge in [0.25, 0.3) is 5.91 Å². The Kier molecular flexibility index (Phi) is 5.79. The molecule has 1 aliphatic heterocycles. The molecule has 0 radical (unpaired) electrons. The van der Waals surface area contributed by atoms with Crippen molar-refractivity contribution >= 4 is 11.8 Å². The lowest BCUT2D eigenvalue weighted by molar-refractivity contribution is -0.141. The molecule has 1 saturated heterocycles. The second-order valence-corrected chi connectivity index (χ2v) is 5.69. The van der Waals surface area contributed by atoms with Gasteiger partial charge in [0.1, 0.15) is 5.75 Å². The summed E-state index contributed by atoms with van der Waals surface area (Å²) in [6.45, 7) is 9.16. The van der Waals surface area contributed by atoms with Gasteiger partial charge < -0.3 is 14.5 Å². The maximum Gasteiger partial charge on any atom is 0.260 e. The summed E-state index contributed by atoms with van der Waals surface area (Å²) in [5.74, 6) is 0.617. The van der Waals surface area contributed by atoms with E-state index in [2.05, 4.69) is 6.58 Å². The first-order valence-electron chi connectivity index (χ1n) is 7.96. The normalized spacial score (nSPS) is 17.7. The number of hydrogen-bond donors (Lipinski definition) is 0. The summed E-state index contributed by atoms with van der Waals surface area (Å²) in [6, 6.07) is 7.67. The number of piperazine rings is 1. The topological polar surface area (TPSA) is 49.9 Å². The maximum absolute atomic E-state index is 12.4. The number of rotatable bonds is 5. The molecule has 0 bridgehead atoms. The molecule has 0 N–H and O–H groups in total. The molecular weight excluding hydrogens is 292 g/mol. The minimum atomic E-state index is -0.0693. The number of para-hydroxylation sites is 1. The SMILES string of the molecule is C=CC(=O)N1CCN(C(=O)COc2ccccc2C)C[C@H]1CC. The monoisotopic (exact) mass is 316 g/mol. The lowest BCUT2D eigenvalue weighted by Crippen LogP contribution is -2.56. The highest BCUT2D eigenvalue weighted by molar-refractivity contribution is 5.87. The van der Waals surface area contributed by atoms with E-state index in [1.807, 2.05) is 38.1 Å². The zero-order chi connectivity index (χ0) is 16.8. The Morgan fingerprint density at radius 1 is 1.35 bits per heavy atom. The van der Waals surface area contributed by atoms with Crippen LogP contribution in [0.3, 0.4) is 0 Å². The molecule has 2 rings (SSSR count). The Bertz CT molecular complexity index is 585. The lowest BCUT2D eigenvalue weighted by atomic mass is 10.1. The first-order valence-corrected chi connectivity index (χ1v) is 7.96. The number of carbonyl (C=O) groups is 2. The summed E-state index contributed by atoms with van der Waals surface area (Å²) < 4.78 is 5.63. The van der Waals surface area contributed by atoms with Crippen molar-refractivity contribution in [3.05, 3.63) is 42.5 Å². The minimum Gasteiger partial charge on any atom is -0.484 e. The quantitative estimate of drug-likeness (QED) is 0.781. The van der Waals surface area contributed by atoms with Crippen molar-refractivity contribution in [1.82, 2.24) is 9.80 Å². The van der Waals surface area contributed by atoms with Crippen LogP contribution in [0.4, 0.5) is 0 Å². The Morgan fingerprint density at radius 2 is 2.09 bits per heavy atom. The number of carbonyl (C=O) groups excluding carboxylic acids is 2. The van der Waals surface area contributed by atoms with E-state index >= 15 is 0 Å². The van der Waals surface area contributed by atoms with Gasteiger partial charge in [-0.1, -0.05) is 31.7 Å². The number of benzene rings is 1. The van der Waals surface area contributed by atoms with E-state index in [1.54, 1.807) is 9.80 Å². The Balaban J connectivity index is 1.92.